The van der Waals surface area contributed by atoms with E-state index in [9.17, 15) is 13.6 Å². The average molecular weight is 240 g/mol. The molecular weight excluding hydrogens is 230 g/mol. The molecule has 0 radical (unpaired) electrons. The minimum absolute atomic E-state index is 0.133. The molecule has 0 aliphatic heterocycles. The van der Waals surface area contributed by atoms with Crippen LogP contribution in [-0.2, 0) is 16.0 Å². The molecule has 17 heavy (non-hydrogen) atoms. The van der Waals surface area contributed by atoms with Crippen LogP contribution in [0.5, 0.6) is 0 Å². The Morgan fingerprint density at radius 2 is 2.29 bits per heavy atom. The van der Waals surface area contributed by atoms with Crippen molar-refractivity contribution in [1.82, 2.24) is 4.98 Å². The van der Waals surface area contributed by atoms with Crippen LogP contribution in [0, 0.1) is 11.3 Å². The minimum Gasteiger partial charge on any atom is -0.466 e. The van der Waals surface area contributed by atoms with Gasteiger partial charge >= 0.3 is 5.97 Å². The summed E-state index contributed by atoms with van der Waals surface area (Å²) in [7, 11) is 0. The van der Waals surface area contributed by atoms with Crippen LogP contribution in [0.4, 0.5) is 8.78 Å². The minimum atomic E-state index is -2.76. The van der Waals surface area contributed by atoms with Gasteiger partial charge in [0.2, 0.25) is 0 Å². The fraction of sp³-hybridized carbons (Fsp3) is 0.364. The van der Waals surface area contributed by atoms with E-state index in [-0.39, 0.29) is 24.4 Å². The number of nitrogens with zero attached hydrogens (tertiary/aromatic N) is 2. The Morgan fingerprint density at radius 3 is 2.82 bits per heavy atom. The van der Waals surface area contributed by atoms with Crippen LogP contribution in [0.2, 0.25) is 0 Å². The third kappa shape index (κ3) is 3.48. The van der Waals surface area contributed by atoms with Gasteiger partial charge in [0.1, 0.15) is 11.8 Å². The van der Waals surface area contributed by atoms with Crippen molar-refractivity contribution in [3.05, 3.63) is 29.1 Å². The topological polar surface area (TPSA) is 63.0 Å². The Morgan fingerprint density at radius 1 is 1.59 bits per heavy atom. The van der Waals surface area contributed by atoms with Gasteiger partial charge < -0.3 is 4.74 Å². The highest BCUT2D eigenvalue weighted by atomic mass is 19.3. The van der Waals surface area contributed by atoms with Crippen LogP contribution in [0.3, 0.4) is 0 Å². The Balaban J connectivity index is 2.91. The largest absolute Gasteiger partial charge is 0.466 e. The monoisotopic (exact) mass is 240 g/mol. The van der Waals surface area contributed by atoms with Gasteiger partial charge in [0.05, 0.1) is 24.3 Å². The number of esters is 1. The van der Waals surface area contributed by atoms with Gasteiger partial charge in [-0.15, -0.1) is 0 Å². The molecule has 6 heteroatoms. The SMILES string of the molecule is CCOC(=O)Cc1ccc(C(F)F)c(C#N)n1. The molecule has 1 rings (SSSR count). The average Bonchev–Trinajstić information content (AvgIpc) is 2.28. The fourth-order valence-corrected chi connectivity index (χ4v) is 1.23. The first-order valence-corrected chi connectivity index (χ1v) is 4.92. The molecule has 0 unspecified atom stereocenters. The van der Waals surface area contributed by atoms with E-state index in [0.29, 0.717) is 0 Å². The number of hydrogen-bond acceptors (Lipinski definition) is 4. The maximum Gasteiger partial charge on any atom is 0.311 e. The van der Waals surface area contributed by atoms with Gasteiger partial charge in [0, 0.05) is 0 Å². The number of ether oxygens (including phenoxy) is 1. The highest BCUT2D eigenvalue weighted by Crippen LogP contribution is 2.21. The van der Waals surface area contributed by atoms with Crippen LogP contribution in [0.25, 0.3) is 0 Å². The zero-order valence-corrected chi connectivity index (χ0v) is 9.11. The van der Waals surface area contributed by atoms with E-state index >= 15 is 0 Å². The van der Waals surface area contributed by atoms with Crippen LogP contribution in [0.15, 0.2) is 12.1 Å². The molecule has 0 fully saturated rings. The summed E-state index contributed by atoms with van der Waals surface area (Å²) in [6.07, 6.45) is -2.89. The van der Waals surface area contributed by atoms with Crippen molar-refractivity contribution >= 4 is 5.97 Å². The van der Waals surface area contributed by atoms with E-state index in [1.165, 1.54) is 6.07 Å². The second-order valence-electron chi connectivity index (χ2n) is 3.13. The molecule has 0 aliphatic carbocycles. The maximum atomic E-state index is 12.4. The molecule has 0 N–H and O–H groups in total. The molecule has 0 saturated carbocycles. The lowest BCUT2D eigenvalue weighted by atomic mass is 10.1. The quantitative estimate of drug-likeness (QED) is 0.755. The number of carbonyl (C=O) groups excluding carboxylic acids is 1. The Bertz CT molecular complexity index is 455. The summed E-state index contributed by atoms with van der Waals surface area (Å²) in [5.74, 6) is -0.506. The third-order valence-corrected chi connectivity index (χ3v) is 1.96. The number of carbonyl (C=O) groups is 1. The summed E-state index contributed by atoms with van der Waals surface area (Å²) in [5.41, 5.74) is -0.550. The predicted molar refractivity (Wildman–Crippen MR) is 54.2 cm³/mol. The normalized spacial score (nSPS) is 10.1. The van der Waals surface area contributed by atoms with Crippen molar-refractivity contribution < 1.29 is 18.3 Å². The van der Waals surface area contributed by atoms with Crippen molar-refractivity contribution in [3.63, 3.8) is 0 Å². The van der Waals surface area contributed by atoms with Gasteiger partial charge in [-0.1, -0.05) is 0 Å². The molecule has 0 aromatic carbocycles. The molecule has 0 bridgehead atoms. The molecule has 90 valence electrons. The molecule has 0 spiro atoms. The fourth-order valence-electron chi connectivity index (χ4n) is 1.23. The molecule has 1 aromatic rings. The lowest BCUT2D eigenvalue weighted by Gasteiger charge is -2.05. The Hall–Kier alpha value is -2.03. The standard InChI is InChI=1S/C11H10F2N2O2/c1-2-17-10(16)5-7-3-4-8(11(12)13)9(6-14)15-7/h3-4,11H,2,5H2,1H3. The van der Waals surface area contributed by atoms with Crippen LogP contribution < -0.4 is 0 Å². The molecule has 0 atom stereocenters. The van der Waals surface area contributed by atoms with E-state index in [4.69, 9.17) is 5.26 Å². The number of hydrogen-bond donors (Lipinski definition) is 0. The first kappa shape index (κ1) is 13.0. The van der Waals surface area contributed by atoms with Crippen LogP contribution >= 0.6 is 0 Å². The predicted octanol–water partition coefficient (Wildman–Crippen LogP) is 2.00. The number of rotatable bonds is 4. The number of halogens is 2. The van der Waals surface area contributed by atoms with Gasteiger partial charge in [-0.05, 0) is 19.1 Å². The summed E-state index contributed by atoms with van der Waals surface area (Å²) in [5, 5.41) is 8.67. The van der Waals surface area contributed by atoms with Gasteiger partial charge in [-0.2, -0.15) is 5.26 Å². The highest BCUT2D eigenvalue weighted by molar-refractivity contribution is 5.72. The van der Waals surface area contributed by atoms with Gasteiger partial charge in [0.15, 0.2) is 0 Å². The molecule has 1 heterocycles. The van der Waals surface area contributed by atoms with E-state index in [1.807, 2.05) is 0 Å². The summed E-state index contributed by atoms with van der Waals surface area (Å²) in [6, 6.07) is 3.97. The van der Waals surface area contributed by atoms with E-state index in [1.54, 1.807) is 13.0 Å². The molecule has 0 aliphatic rings. The third-order valence-electron chi connectivity index (χ3n) is 1.96. The summed E-state index contributed by atoms with van der Waals surface area (Å²) < 4.78 is 29.6. The highest BCUT2D eigenvalue weighted by Gasteiger charge is 2.15. The van der Waals surface area contributed by atoms with Crippen molar-refractivity contribution in [2.24, 2.45) is 0 Å². The van der Waals surface area contributed by atoms with Gasteiger partial charge in [-0.3, -0.25) is 4.79 Å². The number of nitriles is 1. The molecule has 0 saturated heterocycles. The van der Waals surface area contributed by atoms with Crippen molar-refractivity contribution in [2.75, 3.05) is 6.61 Å². The van der Waals surface area contributed by atoms with E-state index in [2.05, 4.69) is 9.72 Å². The zero-order valence-electron chi connectivity index (χ0n) is 9.11. The Labute approximate surface area is 96.8 Å². The number of pyridine rings is 1. The lowest BCUT2D eigenvalue weighted by Crippen LogP contribution is -2.09. The maximum absolute atomic E-state index is 12.4. The zero-order chi connectivity index (χ0) is 12.8. The summed E-state index contributed by atoms with van der Waals surface area (Å²) in [4.78, 5) is 14.8. The Kier molecular flexibility index (Phi) is 4.52. The lowest BCUT2D eigenvalue weighted by molar-refractivity contribution is -0.142. The van der Waals surface area contributed by atoms with Gasteiger partial charge in [-0.25, -0.2) is 13.8 Å². The number of aromatic nitrogens is 1. The summed E-state index contributed by atoms with van der Waals surface area (Å²) in [6.45, 7) is 1.89. The second-order valence-corrected chi connectivity index (χ2v) is 3.13. The van der Waals surface area contributed by atoms with Crippen molar-refractivity contribution in [3.8, 4) is 6.07 Å². The smallest absolute Gasteiger partial charge is 0.311 e. The first-order chi connectivity index (χ1) is 8.08. The van der Waals surface area contributed by atoms with Crippen molar-refractivity contribution in [1.29, 1.82) is 5.26 Å². The molecule has 4 nitrogen and oxygen atoms in total. The van der Waals surface area contributed by atoms with Gasteiger partial charge in [0.25, 0.3) is 6.43 Å². The molecule has 1 aromatic heterocycles. The summed E-state index contributed by atoms with van der Waals surface area (Å²) >= 11 is 0. The first-order valence-electron chi connectivity index (χ1n) is 4.92. The number of alkyl halides is 2. The van der Waals surface area contributed by atoms with E-state index < -0.39 is 18.0 Å². The van der Waals surface area contributed by atoms with E-state index in [0.717, 1.165) is 6.07 Å². The van der Waals surface area contributed by atoms with Crippen LogP contribution in [0.1, 0.15) is 30.3 Å². The molecule has 0 amide bonds. The van der Waals surface area contributed by atoms with Crippen molar-refractivity contribution in [2.45, 2.75) is 19.8 Å². The second kappa shape index (κ2) is 5.89. The van der Waals surface area contributed by atoms with Crippen LogP contribution in [-0.4, -0.2) is 17.6 Å². The molecular formula is C11H10F2N2O2.